The fourth-order valence-corrected chi connectivity index (χ4v) is 4.13. The van der Waals surface area contributed by atoms with Crippen LogP contribution in [0.2, 0.25) is 0 Å². The first-order chi connectivity index (χ1) is 11.6. The van der Waals surface area contributed by atoms with Crippen LogP contribution in [-0.4, -0.2) is 39.5 Å². The van der Waals surface area contributed by atoms with Gasteiger partial charge in [0.15, 0.2) is 12.2 Å². The number of likely N-dealkylation sites (tertiary alicyclic amines) is 1. The van der Waals surface area contributed by atoms with Crippen molar-refractivity contribution in [1.82, 2.24) is 9.88 Å². The van der Waals surface area contributed by atoms with Crippen LogP contribution in [0.5, 0.6) is 0 Å². The average Bonchev–Trinajstić information content (AvgIpc) is 3.30. The van der Waals surface area contributed by atoms with Gasteiger partial charge in [0, 0.05) is 17.7 Å². The van der Waals surface area contributed by atoms with E-state index in [0.717, 1.165) is 24.8 Å². The van der Waals surface area contributed by atoms with Crippen molar-refractivity contribution in [2.24, 2.45) is 11.8 Å². The second-order valence-electron chi connectivity index (χ2n) is 6.54. The largest absolute Gasteiger partial charge is 0.480 e. The van der Waals surface area contributed by atoms with Crippen LogP contribution in [0.3, 0.4) is 0 Å². The van der Waals surface area contributed by atoms with E-state index >= 15 is 0 Å². The van der Waals surface area contributed by atoms with Gasteiger partial charge in [-0.1, -0.05) is 18.6 Å². The van der Waals surface area contributed by atoms with Crippen molar-refractivity contribution in [1.29, 1.82) is 0 Å². The Morgan fingerprint density at radius 1 is 1.21 bits per heavy atom. The third-order valence-corrected chi connectivity index (χ3v) is 5.25. The molecular weight excluding hydrogens is 308 g/mol. The lowest BCUT2D eigenvalue weighted by Gasteiger charge is -2.24. The predicted octanol–water partition coefficient (Wildman–Crippen LogP) is 2.67. The van der Waals surface area contributed by atoms with Gasteiger partial charge in [-0.2, -0.15) is 0 Å². The van der Waals surface area contributed by atoms with Gasteiger partial charge in [0.25, 0.3) is 5.91 Å². The molecule has 1 aromatic heterocycles. The summed E-state index contributed by atoms with van der Waals surface area (Å²) in [5.74, 6) is -0.0477. The summed E-state index contributed by atoms with van der Waals surface area (Å²) in [6, 6.07) is 6.32. The number of aromatic nitrogens is 1. The Bertz CT molecular complexity index is 754. The van der Waals surface area contributed by atoms with E-state index in [9.17, 15) is 14.7 Å². The van der Waals surface area contributed by atoms with Gasteiger partial charge in [0.05, 0.1) is 6.20 Å². The normalized spacial score (nSPS) is 25.7. The fourth-order valence-electron chi connectivity index (χ4n) is 4.13. The van der Waals surface area contributed by atoms with Crippen LogP contribution in [0.4, 0.5) is 0 Å². The van der Waals surface area contributed by atoms with Gasteiger partial charge < -0.3 is 14.4 Å². The Labute approximate surface area is 139 Å². The Kier molecular flexibility index (Phi) is 3.59. The number of carboxylic acids is 1. The van der Waals surface area contributed by atoms with Gasteiger partial charge in [-0.15, -0.1) is 0 Å². The van der Waals surface area contributed by atoms with E-state index in [1.54, 1.807) is 35.4 Å². The number of hydrogen-bond acceptors (Lipinski definition) is 4. The molecule has 2 aromatic rings. The Hall–Kier alpha value is -2.63. The summed E-state index contributed by atoms with van der Waals surface area (Å²) in [6.45, 7) is 0.546. The molecule has 0 bridgehead atoms. The zero-order valence-corrected chi connectivity index (χ0v) is 13.1. The molecule has 3 unspecified atom stereocenters. The molecule has 0 radical (unpaired) electrons. The van der Waals surface area contributed by atoms with Crippen molar-refractivity contribution in [3.8, 4) is 11.3 Å². The maximum atomic E-state index is 12.8. The maximum Gasteiger partial charge on any atom is 0.326 e. The van der Waals surface area contributed by atoms with Crippen molar-refractivity contribution >= 4 is 11.9 Å². The molecule has 3 atom stereocenters. The lowest BCUT2D eigenvalue weighted by Crippen LogP contribution is -2.43. The summed E-state index contributed by atoms with van der Waals surface area (Å²) in [6.07, 6.45) is 5.94. The first-order valence-corrected chi connectivity index (χ1v) is 8.18. The van der Waals surface area contributed by atoms with E-state index in [-0.39, 0.29) is 11.8 Å². The number of fused-ring (bicyclic) bond motifs is 1. The minimum absolute atomic E-state index is 0.0971. The van der Waals surface area contributed by atoms with Crippen LogP contribution in [0.1, 0.15) is 29.6 Å². The molecule has 1 saturated carbocycles. The lowest BCUT2D eigenvalue weighted by molar-refractivity contribution is -0.142. The summed E-state index contributed by atoms with van der Waals surface area (Å²) < 4.78 is 5.23. The predicted molar refractivity (Wildman–Crippen MR) is 85.2 cm³/mol. The number of hydrogen-bond donors (Lipinski definition) is 1. The highest BCUT2D eigenvalue weighted by molar-refractivity contribution is 5.97. The van der Waals surface area contributed by atoms with E-state index in [0.29, 0.717) is 23.8 Å². The van der Waals surface area contributed by atoms with Gasteiger partial charge >= 0.3 is 5.97 Å². The standard InChI is InChI=1S/C18H18N2O4/c21-17(12-6-4-11(5-7-12)15-8-19-10-24-15)20-9-13-2-1-3-14(13)16(20)18(22)23/h4-8,10,13-14,16H,1-3,9H2,(H,22,23). The molecule has 1 aliphatic heterocycles. The molecule has 2 fully saturated rings. The average molecular weight is 326 g/mol. The number of rotatable bonds is 3. The highest BCUT2D eigenvalue weighted by Crippen LogP contribution is 2.42. The molecule has 1 saturated heterocycles. The topological polar surface area (TPSA) is 83.6 Å². The first kappa shape index (κ1) is 14.9. The number of carbonyl (C=O) groups is 2. The maximum absolute atomic E-state index is 12.8. The molecule has 24 heavy (non-hydrogen) atoms. The second-order valence-corrected chi connectivity index (χ2v) is 6.54. The van der Waals surface area contributed by atoms with Gasteiger partial charge in [0.1, 0.15) is 6.04 Å². The van der Waals surface area contributed by atoms with Gasteiger partial charge in [-0.05, 0) is 36.8 Å². The van der Waals surface area contributed by atoms with Gasteiger partial charge in [-0.25, -0.2) is 9.78 Å². The third-order valence-electron chi connectivity index (χ3n) is 5.25. The summed E-state index contributed by atoms with van der Waals surface area (Å²) in [5, 5.41) is 9.58. The summed E-state index contributed by atoms with van der Waals surface area (Å²) in [4.78, 5) is 29.9. The van der Waals surface area contributed by atoms with Crippen molar-refractivity contribution in [2.75, 3.05) is 6.54 Å². The molecule has 2 aliphatic rings. The van der Waals surface area contributed by atoms with Crippen LogP contribution < -0.4 is 0 Å². The smallest absolute Gasteiger partial charge is 0.326 e. The molecular formula is C18H18N2O4. The second kappa shape index (κ2) is 5.78. The Morgan fingerprint density at radius 3 is 2.67 bits per heavy atom. The number of oxazole rings is 1. The highest BCUT2D eigenvalue weighted by atomic mass is 16.4. The minimum Gasteiger partial charge on any atom is -0.480 e. The molecule has 2 heterocycles. The molecule has 6 nitrogen and oxygen atoms in total. The van der Waals surface area contributed by atoms with Gasteiger partial charge in [-0.3, -0.25) is 4.79 Å². The SMILES string of the molecule is O=C(O)C1C2CCCC2CN1C(=O)c1ccc(-c2cnco2)cc1. The lowest BCUT2D eigenvalue weighted by atomic mass is 9.94. The van der Waals surface area contributed by atoms with E-state index in [2.05, 4.69) is 4.98 Å². The highest BCUT2D eigenvalue weighted by Gasteiger charge is 2.49. The number of carbonyl (C=O) groups excluding carboxylic acids is 1. The van der Waals surface area contributed by atoms with E-state index in [4.69, 9.17) is 4.42 Å². The molecule has 1 aromatic carbocycles. The van der Waals surface area contributed by atoms with Crippen molar-refractivity contribution < 1.29 is 19.1 Å². The zero-order chi connectivity index (χ0) is 16.7. The third kappa shape index (κ3) is 2.38. The summed E-state index contributed by atoms with van der Waals surface area (Å²) in [5.41, 5.74) is 1.33. The van der Waals surface area contributed by atoms with Crippen molar-refractivity contribution in [3.05, 3.63) is 42.4 Å². The van der Waals surface area contributed by atoms with Gasteiger partial charge in [0.2, 0.25) is 0 Å². The molecule has 1 aliphatic carbocycles. The van der Waals surface area contributed by atoms with Crippen LogP contribution >= 0.6 is 0 Å². The minimum atomic E-state index is -0.893. The quantitative estimate of drug-likeness (QED) is 0.937. The van der Waals surface area contributed by atoms with E-state index in [1.807, 2.05) is 0 Å². The van der Waals surface area contributed by atoms with Crippen LogP contribution in [0.15, 0.2) is 41.3 Å². The summed E-state index contributed by atoms with van der Waals surface area (Å²) in [7, 11) is 0. The Balaban J connectivity index is 1.58. The molecule has 4 rings (SSSR count). The summed E-state index contributed by atoms with van der Waals surface area (Å²) >= 11 is 0. The number of carboxylic acid groups (broad SMARTS) is 1. The zero-order valence-electron chi connectivity index (χ0n) is 13.1. The number of nitrogens with zero attached hydrogens (tertiary/aromatic N) is 2. The van der Waals surface area contributed by atoms with Crippen molar-refractivity contribution in [2.45, 2.75) is 25.3 Å². The molecule has 124 valence electrons. The van der Waals surface area contributed by atoms with E-state index in [1.165, 1.54) is 6.39 Å². The Morgan fingerprint density at radius 2 is 2.00 bits per heavy atom. The van der Waals surface area contributed by atoms with E-state index < -0.39 is 12.0 Å². The molecule has 1 N–H and O–H groups in total. The molecule has 6 heteroatoms. The molecule has 1 amide bonds. The van der Waals surface area contributed by atoms with Crippen LogP contribution in [-0.2, 0) is 4.79 Å². The number of aliphatic carboxylic acids is 1. The number of benzene rings is 1. The fraction of sp³-hybridized carbons (Fsp3) is 0.389. The van der Waals surface area contributed by atoms with Crippen LogP contribution in [0.25, 0.3) is 11.3 Å². The van der Waals surface area contributed by atoms with Crippen molar-refractivity contribution in [3.63, 3.8) is 0 Å². The molecule has 0 spiro atoms. The van der Waals surface area contributed by atoms with Crippen LogP contribution in [0, 0.1) is 11.8 Å². The monoisotopic (exact) mass is 326 g/mol. The first-order valence-electron chi connectivity index (χ1n) is 8.18. The number of amides is 1.